The number of nitrogens with zero attached hydrogens (tertiary/aromatic N) is 1. The van der Waals surface area contributed by atoms with Crippen LogP contribution in [0.1, 0.15) is 0 Å². The number of hydrogen-bond donors (Lipinski definition) is 0. The molecule has 0 aliphatic carbocycles. The first kappa shape index (κ1) is 40.3. The predicted octanol–water partition coefficient (Wildman–Crippen LogP) is -2.71. The van der Waals surface area contributed by atoms with Crippen LogP contribution < -0.4 is 0 Å². The molecule has 0 aromatic carbocycles. The van der Waals surface area contributed by atoms with E-state index in [1.807, 2.05) is 0 Å². The standard InChI is InChI=1S/Ho.NO3.3H2O/c;2-1(3)4;;;/h;;3*1H2/q+3;-1;;;. The zero-order valence-electron chi connectivity index (χ0n) is 3.47. The predicted molar refractivity (Wildman–Crippen MR) is 21.2 cm³/mol. The molecule has 0 unspecified atom stereocenters. The van der Waals surface area contributed by atoms with Crippen molar-refractivity contribution in [2.24, 2.45) is 0 Å². The molecular weight excluding hydrogens is 275 g/mol. The fourth-order valence-corrected chi connectivity index (χ4v) is 0. The van der Waals surface area contributed by atoms with Gasteiger partial charge in [-0.05, 0) is 0 Å². The minimum absolute atomic E-state index is 0. The minimum atomic E-state index is -1.75. The fourth-order valence-electron chi connectivity index (χ4n) is 0. The van der Waals surface area contributed by atoms with Crippen LogP contribution in [0.4, 0.5) is 0 Å². The average molecular weight is 281 g/mol. The number of rotatable bonds is 0. The van der Waals surface area contributed by atoms with Crippen LogP contribution in [-0.4, -0.2) is 21.5 Å². The Morgan fingerprint density at radius 2 is 1.00 bits per heavy atom. The molecule has 0 saturated carbocycles. The molecule has 0 fully saturated rings. The van der Waals surface area contributed by atoms with Gasteiger partial charge in [-0.2, -0.15) is 0 Å². The molecule has 0 radical (unpaired) electrons. The first-order valence-electron chi connectivity index (χ1n) is 0.548. The second-order valence-corrected chi connectivity index (χ2v) is 0.224. The van der Waals surface area contributed by atoms with E-state index in [4.69, 9.17) is 15.3 Å². The van der Waals surface area contributed by atoms with E-state index in [0.29, 0.717) is 0 Å². The van der Waals surface area contributed by atoms with Crippen LogP contribution in [0.5, 0.6) is 0 Å². The zero-order chi connectivity index (χ0) is 3.58. The Kier molecular flexibility index (Phi) is 133. The summed E-state index contributed by atoms with van der Waals surface area (Å²) in [5, 5.41) is 14.8. The summed E-state index contributed by atoms with van der Waals surface area (Å²) in [6, 6.07) is 0. The molecule has 8 heteroatoms. The fraction of sp³-hybridized carbons (Fsp3) is 0. The molecule has 0 aromatic heterocycles. The summed E-state index contributed by atoms with van der Waals surface area (Å²) < 4.78 is 0. The third-order valence-electron chi connectivity index (χ3n) is 0. The quantitative estimate of drug-likeness (QED) is 0.268. The Morgan fingerprint density at radius 1 is 1.00 bits per heavy atom. The Bertz CT molecular complexity index is 31.5. The second-order valence-electron chi connectivity index (χ2n) is 0.224. The first-order chi connectivity index (χ1) is 1.73. The largest absolute Gasteiger partial charge is 3.00 e. The van der Waals surface area contributed by atoms with E-state index in [0.717, 1.165) is 0 Å². The van der Waals surface area contributed by atoms with Crippen LogP contribution in [0.15, 0.2) is 0 Å². The molecule has 7 nitrogen and oxygen atoms in total. The molecule has 0 aromatic rings. The van der Waals surface area contributed by atoms with E-state index in [2.05, 4.69) is 0 Å². The molecule has 0 atom stereocenters. The van der Waals surface area contributed by atoms with Gasteiger partial charge in [0.05, 0.1) is 5.09 Å². The monoisotopic (exact) mass is 281 g/mol. The molecule has 0 aliphatic heterocycles. The molecular formula is H6HoNO6+2. The molecule has 0 spiro atoms. The van der Waals surface area contributed by atoms with Crippen molar-refractivity contribution >= 4 is 0 Å². The Balaban J connectivity index is -0.00000000750. The van der Waals surface area contributed by atoms with Gasteiger partial charge in [-0.3, -0.25) is 0 Å². The van der Waals surface area contributed by atoms with Gasteiger partial charge in [0.1, 0.15) is 0 Å². The van der Waals surface area contributed by atoms with Crippen molar-refractivity contribution in [3.05, 3.63) is 15.3 Å². The van der Waals surface area contributed by atoms with Gasteiger partial charge in [0.15, 0.2) is 0 Å². The maximum absolute atomic E-state index is 8.25. The van der Waals surface area contributed by atoms with Crippen molar-refractivity contribution in [3.63, 3.8) is 0 Å². The number of hydrogen-bond acceptors (Lipinski definition) is 3. The summed E-state index contributed by atoms with van der Waals surface area (Å²) in [5.74, 6) is 0. The summed E-state index contributed by atoms with van der Waals surface area (Å²) in [6.45, 7) is 0. The molecule has 0 amide bonds. The van der Waals surface area contributed by atoms with E-state index in [9.17, 15) is 0 Å². The molecule has 8 heavy (non-hydrogen) atoms. The summed E-state index contributed by atoms with van der Waals surface area (Å²) >= 11 is 0. The second kappa shape index (κ2) is 26.4. The Hall–Kier alpha value is 0.340. The van der Waals surface area contributed by atoms with Crippen LogP contribution in [0.3, 0.4) is 0 Å². The van der Waals surface area contributed by atoms with Crippen LogP contribution in [0, 0.1) is 53.1 Å². The third-order valence-corrected chi connectivity index (χ3v) is 0. The molecule has 0 saturated heterocycles. The van der Waals surface area contributed by atoms with Crippen LogP contribution >= 0.6 is 0 Å². The van der Waals surface area contributed by atoms with E-state index in [-0.39, 0.29) is 54.2 Å². The summed E-state index contributed by atoms with van der Waals surface area (Å²) in [6.07, 6.45) is 0. The maximum Gasteiger partial charge on any atom is 3.00 e. The van der Waals surface area contributed by atoms with E-state index in [1.165, 1.54) is 0 Å². The van der Waals surface area contributed by atoms with Gasteiger partial charge in [-0.15, -0.1) is 0 Å². The Labute approximate surface area is 74.3 Å². The van der Waals surface area contributed by atoms with Gasteiger partial charge < -0.3 is 31.8 Å². The van der Waals surface area contributed by atoms with Gasteiger partial charge in [-0.1, -0.05) is 0 Å². The average Bonchev–Trinajstić information content (AvgIpc) is 0.811. The van der Waals surface area contributed by atoms with Crippen molar-refractivity contribution in [1.29, 1.82) is 0 Å². The van der Waals surface area contributed by atoms with Crippen molar-refractivity contribution < 1.29 is 59.3 Å². The SMILES string of the molecule is O.O.O.O=[N+]([O-])[O-].[Ho+3]. The molecule has 56 valence electrons. The van der Waals surface area contributed by atoms with Gasteiger partial charge in [0.25, 0.3) is 0 Å². The third kappa shape index (κ3) is 1570. The summed E-state index contributed by atoms with van der Waals surface area (Å²) in [5.41, 5.74) is 0. The molecule has 0 bridgehead atoms. The van der Waals surface area contributed by atoms with E-state index in [1.54, 1.807) is 0 Å². The Morgan fingerprint density at radius 3 is 1.00 bits per heavy atom. The van der Waals surface area contributed by atoms with Gasteiger partial charge in [-0.25, -0.2) is 0 Å². The normalized spacial score (nSPS) is 3.00. The van der Waals surface area contributed by atoms with Crippen LogP contribution in [0.2, 0.25) is 0 Å². The molecule has 0 aliphatic rings. The van der Waals surface area contributed by atoms with Crippen molar-refractivity contribution in [1.82, 2.24) is 0 Å². The van der Waals surface area contributed by atoms with Crippen molar-refractivity contribution in [2.45, 2.75) is 0 Å². The first-order valence-corrected chi connectivity index (χ1v) is 0.548. The molecule has 0 rings (SSSR count). The van der Waals surface area contributed by atoms with Gasteiger partial charge in [0, 0.05) is 0 Å². The summed E-state index contributed by atoms with van der Waals surface area (Å²) in [7, 11) is 0. The van der Waals surface area contributed by atoms with Gasteiger partial charge in [0.2, 0.25) is 0 Å². The van der Waals surface area contributed by atoms with E-state index >= 15 is 0 Å². The maximum atomic E-state index is 8.25. The van der Waals surface area contributed by atoms with E-state index < -0.39 is 5.09 Å². The van der Waals surface area contributed by atoms with Crippen LogP contribution in [-0.2, 0) is 0 Å². The smallest absolute Gasteiger partial charge is 0.412 e. The topological polar surface area (TPSA) is 161 Å². The minimum Gasteiger partial charge on any atom is -0.412 e. The van der Waals surface area contributed by atoms with Gasteiger partial charge >= 0.3 is 37.7 Å². The van der Waals surface area contributed by atoms with Crippen molar-refractivity contribution in [3.8, 4) is 0 Å². The zero-order valence-corrected chi connectivity index (χ0v) is 5.41. The summed E-state index contributed by atoms with van der Waals surface area (Å²) in [4.78, 5) is 8.25. The molecule has 6 N–H and O–H groups in total. The molecule has 0 heterocycles. The van der Waals surface area contributed by atoms with Crippen LogP contribution in [0.25, 0.3) is 0 Å². The van der Waals surface area contributed by atoms with Crippen molar-refractivity contribution in [2.75, 3.05) is 0 Å².